The van der Waals surface area contributed by atoms with E-state index in [-0.39, 0.29) is 11.9 Å². The van der Waals surface area contributed by atoms with Gasteiger partial charge in [0.05, 0.1) is 0 Å². The number of aryl methyl sites for hydroxylation is 1. The van der Waals surface area contributed by atoms with Gasteiger partial charge in [0.15, 0.2) is 0 Å². The van der Waals surface area contributed by atoms with Gasteiger partial charge in [0.1, 0.15) is 5.69 Å². The summed E-state index contributed by atoms with van der Waals surface area (Å²) in [5.74, 6) is 0.0606. The number of carbonyl (C=O) groups excluding carboxylic acids is 1. The predicted molar refractivity (Wildman–Crippen MR) is 98.7 cm³/mol. The largest absolute Gasteiger partial charge is 0.349 e. The number of nitrogens with zero attached hydrogens (tertiary/aromatic N) is 1. The van der Waals surface area contributed by atoms with Crippen LogP contribution < -0.4 is 5.32 Å². The maximum absolute atomic E-state index is 12.9. The average Bonchev–Trinajstić information content (AvgIpc) is 2.82. The third kappa shape index (κ3) is 3.12. The van der Waals surface area contributed by atoms with E-state index in [1.165, 1.54) is 40.8 Å². The number of fused-ring (bicyclic) bond motifs is 1. The Labute approximate surface area is 145 Å². The summed E-state index contributed by atoms with van der Waals surface area (Å²) >= 11 is 0. The zero-order valence-electron chi connectivity index (χ0n) is 15.3. The Morgan fingerprint density at radius 2 is 1.88 bits per heavy atom. The van der Waals surface area contributed by atoms with Crippen molar-refractivity contribution in [1.29, 1.82) is 0 Å². The molecule has 0 saturated carbocycles. The molecule has 1 aliphatic carbocycles. The van der Waals surface area contributed by atoms with Crippen LogP contribution in [0.15, 0.2) is 24.3 Å². The molecule has 1 amide bonds. The standard InChI is InChI=1S/C21H28N2O/c1-14(2)22-21(24)20-16(4)18-11-7-8-12-19(18)23(20)13-17-10-6-5-9-15(17)3/h5-6,9-10,14H,7-8,11-13H2,1-4H3,(H,22,24). The zero-order chi connectivity index (χ0) is 17.3. The van der Waals surface area contributed by atoms with Gasteiger partial charge in [-0.1, -0.05) is 24.3 Å². The van der Waals surface area contributed by atoms with E-state index in [1.54, 1.807) is 0 Å². The van der Waals surface area contributed by atoms with E-state index < -0.39 is 0 Å². The number of hydrogen-bond donors (Lipinski definition) is 1. The van der Waals surface area contributed by atoms with Crippen LogP contribution in [0.1, 0.15) is 65.1 Å². The number of benzene rings is 1. The Bertz CT molecular complexity index is 755. The van der Waals surface area contributed by atoms with Crippen LogP contribution in [0.5, 0.6) is 0 Å². The number of aromatic nitrogens is 1. The number of nitrogens with one attached hydrogen (secondary N) is 1. The molecule has 0 spiro atoms. The van der Waals surface area contributed by atoms with Crippen molar-refractivity contribution in [2.45, 2.75) is 66.0 Å². The molecule has 0 aliphatic heterocycles. The first-order valence-corrected chi connectivity index (χ1v) is 9.05. The molecular weight excluding hydrogens is 296 g/mol. The first-order chi connectivity index (χ1) is 11.5. The molecule has 1 heterocycles. The molecule has 3 heteroatoms. The van der Waals surface area contributed by atoms with Gasteiger partial charge >= 0.3 is 0 Å². The monoisotopic (exact) mass is 324 g/mol. The minimum atomic E-state index is 0.0606. The minimum absolute atomic E-state index is 0.0606. The van der Waals surface area contributed by atoms with Gasteiger partial charge in [-0.05, 0) is 75.6 Å². The fourth-order valence-corrected chi connectivity index (χ4v) is 3.83. The van der Waals surface area contributed by atoms with E-state index in [1.807, 2.05) is 13.8 Å². The Morgan fingerprint density at radius 1 is 1.17 bits per heavy atom. The lowest BCUT2D eigenvalue weighted by Crippen LogP contribution is -2.32. The molecule has 0 saturated heterocycles. The molecule has 3 rings (SSSR count). The molecule has 0 atom stereocenters. The summed E-state index contributed by atoms with van der Waals surface area (Å²) in [5, 5.41) is 3.09. The molecule has 0 bridgehead atoms. The topological polar surface area (TPSA) is 34.0 Å². The van der Waals surface area contributed by atoms with Crippen molar-refractivity contribution in [2.75, 3.05) is 0 Å². The van der Waals surface area contributed by atoms with Crippen molar-refractivity contribution in [1.82, 2.24) is 9.88 Å². The van der Waals surface area contributed by atoms with Crippen LogP contribution in [0.4, 0.5) is 0 Å². The van der Waals surface area contributed by atoms with Crippen LogP contribution in [0.25, 0.3) is 0 Å². The maximum atomic E-state index is 12.9. The molecule has 1 aromatic carbocycles. The van der Waals surface area contributed by atoms with Crippen molar-refractivity contribution in [2.24, 2.45) is 0 Å². The normalized spacial score (nSPS) is 13.9. The van der Waals surface area contributed by atoms with E-state index >= 15 is 0 Å². The molecule has 24 heavy (non-hydrogen) atoms. The highest BCUT2D eigenvalue weighted by atomic mass is 16.2. The summed E-state index contributed by atoms with van der Waals surface area (Å²) in [6, 6.07) is 8.62. The number of carbonyl (C=O) groups is 1. The average molecular weight is 324 g/mol. The Kier molecular flexibility index (Phi) is 4.79. The molecule has 1 aliphatic rings. The fraction of sp³-hybridized carbons (Fsp3) is 0.476. The number of rotatable bonds is 4. The third-order valence-electron chi connectivity index (χ3n) is 5.07. The van der Waals surface area contributed by atoms with Gasteiger partial charge in [-0.25, -0.2) is 0 Å². The van der Waals surface area contributed by atoms with Crippen molar-refractivity contribution in [3.8, 4) is 0 Å². The molecule has 1 N–H and O–H groups in total. The van der Waals surface area contributed by atoms with E-state index in [9.17, 15) is 4.79 Å². The molecule has 1 aromatic heterocycles. The summed E-state index contributed by atoms with van der Waals surface area (Å²) in [6.45, 7) is 9.08. The molecule has 0 fully saturated rings. The van der Waals surface area contributed by atoms with Crippen molar-refractivity contribution in [3.05, 3.63) is 57.9 Å². The maximum Gasteiger partial charge on any atom is 0.268 e. The van der Waals surface area contributed by atoms with Crippen LogP contribution in [-0.4, -0.2) is 16.5 Å². The van der Waals surface area contributed by atoms with Gasteiger partial charge in [-0.15, -0.1) is 0 Å². The van der Waals surface area contributed by atoms with Crippen molar-refractivity contribution < 1.29 is 4.79 Å². The Hall–Kier alpha value is -2.03. The second-order valence-corrected chi connectivity index (χ2v) is 7.25. The molecule has 0 unspecified atom stereocenters. The second kappa shape index (κ2) is 6.84. The highest BCUT2D eigenvalue weighted by molar-refractivity contribution is 5.95. The Balaban J connectivity index is 2.08. The lowest BCUT2D eigenvalue weighted by molar-refractivity contribution is 0.0933. The van der Waals surface area contributed by atoms with Crippen LogP contribution >= 0.6 is 0 Å². The van der Waals surface area contributed by atoms with Crippen LogP contribution in [-0.2, 0) is 19.4 Å². The third-order valence-corrected chi connectivity index (χ3v) is 5.07. The molecular formula is C21H28N2O. The first-order valence-electron chi connectivity index (χ1n) is 9.05. The summed E-state index contributed by atoms with van der Waals surface area (Å²) < 4.78 is 2.28. The van der Waals surface area contributed by atoms with Gasteiger partial charge in [0, 0.05) is 18.3 Å². The first kappa shape index (κ1) is 16.8. The second-order valence-electron chi connectivity index (χ2n) is 7.25. The lowest BCUT2D eigenvalue weighted by Gasteiger charge is -2.18. The SMILES string of the molecule is Cc1ccccc1Cn1c2c(c(C)c1C(=O)NC(C)C)CCCC2. The molecule has 3 nitrogen and oxygen atoms in total. The fourth-order valence-electron chi connectivity index (χ4n) is 3.83. The van der Waals surface area contributed by atoms with Gasteiger partial charge in [-0.3, -0.25) is 4.79 Å². The Morgan fingerprint density at radius 3 is 2.58 bits per heavy atom. The van der Waals surface area contributed by atoms with Crippen LogP contribution in [0.3, 0.4) is 0 Å². The minimum Gasteiger partial charge on any atom is -0.349 e. The number of amides is 1. The quantitative estimate of drug-likeness (QED) is 0.900. The van der Waals surface area contributed by atoms with E-state index in [0.29, 0.717) is 0 Å². The lowest BCUT2D eigenvalue weighted by atomic mass is 9.95. The van der Waals surface area contributed by atoms with Crippen molar-refractivity contribution >= 4 is 5.91 Å². The molecule has 128 valence electrons. The highest BCUT2D eigenvalue weighted by Gasteiger charge is 2.26. The van der Waals surface area contributed by atoms with E-state index in [2.05, 4.69) is 48.0 Å². The smallest absolute Gasteiger partial charge is 0.268 e. The van der Waals surface area contributed by atoms with Crippen LogP contribution in [0.2, 0.25) is 0 Å². The van der Waals surface area contributed by atoms with E-state index in [4.69, 9.17) is 0 Å². The molecule has 2 aromatic rings. The summed E-state index contributed by atoms with van der Waals surface area (Å²) in [5.41, 5.74) is 7.39. The van der Waals surface area contributed by atoms with E-state index in [0.717, 1.165) is 25.1 Å². The highest BCUT2D eigenvalue weighted by Crippen LogP contribution is 2.30. The van der Waals surface area contributed by atoms with Gasteiger partial charge < -0.3 is 9.88 Å². The summed E-state index contributed by atoms with van der Waals surface area (Å²) in [6.07, 6.45) is 4.63. The van der Waals surface area contributed by atoms with Gasteiger partial charge in [0.2, 0.25) is 0 Å². The molecule has 0 radical (unpaired) electrons. The van der Waals surface area contributed by atoms with Crippen LogP contribution in [0, 0.1) is 13.8 Å². The summed E-state index contributed by atoms with van der Waals surface area (Å²) in [4.78, 5) is 12.9. The van der Waals surface area contributed by atoms with Gasteiger partial charge in [-0.2, -0.15) is 0 Å². The van der Waals surface area contributed by atoms with Crippen molar-refractivity contribution in [3.63, 3.8) is 0 Å². The van der Waals surface area contributed by atoms with Gasteiger partial charge in [0.25, 0.3) is 5.91 Å². The predicted octanol–water partition coefficient (Wildman–Crippen LogP) is 4.17. The zero-order valence-corrected chi connectivity index (χ0v) is 15.3. The summed E-state index contributed by atoms with van der Waals surface area (Å²) in [7, 11) is 0. The number of hydrogen-bond acceptors (Lipinski definition) is 1.